The van der Waals surface area contributed by atoms with Crippen LogP contribution in [-0.4, -0.2) is 81.3 Å². The molecular formula is C20H24NO18P3. The number of furan rings is 1. The molecule has 0 radical (unpaired) electrons. The molecule has 232 valence electrons. The maximum absolute atomic E-state index is 13.0. The standard InChI is InChI=1S/C20H24NO18P3/c1-8(10-6-11-9-4-2-3-5-13(9)35-14(11)7-12(10)21(25)26)36-42(33,34)39-20-17(24)18(37-40(27,28)29)15(22)16(23)19(20)38-41(30,31)32/h2-8,15-20,22-24H,1H3,(H,33,34)(H2,27,28,29)(H2,30,31,32). The minimum Gasteiger partial charge on any atom is -0.456 e. The Morgan fingerprint density at radius 1 is 0.810 bits per heavy atom. The first-order valence-electron chi connectivity index (χ1n) is 11.6. The lowest BCUT2D eigenvalue weighted by Crippen LogP contribution is -2.65. The summed E-state index contributed by atoms with van der Waals surface area (Å²) >= 11 is 0. The Morgan fingerprint density at radius 3 is 1.95 bits per heavy atom. The molecule has 42 heavy (non-hydrogen) atoms. The summed E-state index contributed by atoms with van der Waals surface area (Å²) in [6.45, 7) is 1.11. The SMILES string of the molecule is CC(OP(=O)(O)OC1C(O)C(OP(=O)(O)O)C(O)C(O)C1OP(=O)(O)O)c1cc2c(cc1[N+](=O)[O-])oc1ccccc12. The van der Waals surface area contributed by atoms with Crippen molar-refractivity contribution in [2.45, 2.75) is 49.7 Å². The largest absolute Gasteiger partial charge is 0.473 e. The molecule has 0 amide bonds. The van der Waals surface area contributed by atoms with E-state index in [-0.39, 0.29) is 11.1 Å². The van der Waals surface area contributed by atoms with Crippen LogP contribution in [-0.2, 0) is 31.8 Å². The molecule has 1 fully saturated rings. The number of hydrogen-bond acceptors (Lipinski definition) is 13. The van der Waals surface area contributed by atoms with Crippen LogP contribution in [0.5, 0.6) is 0 Å². The summed E-state index contributed by atoms with van der Waals surface area (Å²) in [5, 5.41) is 43.8. The molecule has 1 heterocycles. The van der Waals surface area contributed by atoms with Gasteiger partial charge in [-0.05, 0) is 19.1 Å². The highest BCUT2D eigenvalue weighted by molar-refractivity contribution is 7.47. The van der Waals surface area contributed by atoms with E-state index >= 15 is 0 Å². The second-order valence-electron chi connectivity index (χ2n) is 9.14. The molecule has 1 aromatic heterocycles. The molecule has 8 atom stereocenters. The quantitative estimate of drug-likeness (QED) is 0.0858. The van der Waals surface area contributed by atoms with Crippen molar-refractivity contribution < 1.29 is 80.9 Å². The van der Waals surface area contributed by atoms with Crippen molar-refractivity contribution in [1.82, 2.24) is 0 Å². The fourth-order valence-electron chi connectivity index (χ4n) is 4.55. The molecule has 1 aliphatic carbocycles. The summed E-state index contributed by atoms with van der Waals surface area (Å²) in [7, 11) is -16.6. The first-order chi connectivity index (χ1) is 19.3. The normalized spacial score (nSPS) is 27.6. The molecule has 4 rings (SSSR count). The first-order valence-corrected chi connectivity index (χ1v) is 16.1. The Kier molecular flexibility index (Phi) is 9.16. The lowest BCUT2D eigenvalue weighted by molar-refractivity contribution is -0.386. The highest BCUT2D eigenvalue weighted by Crippen LogP contribution is 2.54. The number of phosphoric acid groups is 3. The Bertz CT molecular complexity index is 1630. The number of aliphatic hydroxyl groups excluding tert-OH is 3. The number of hydrogen-bond donors (Lipinski definition) is 8. The molecule has 0 bridgehead atoms. The predicted molar refractivity (Wildman–Crippen MR) is 136 cm³/mol. The van der Waals surface area contributed by atoms with E-state index < -0.39 is 76.8 Å². The van der Waals surface area contributed by atoms with Crippen LogP contribution in [0.3, 0.4) is 0 Å². The first kappa shape index (κ1) is 32.8. The summed E-state index contributed by atoms with van der Waals surface area (Å²) in [5.41, 5.74) is -0.335. The zero-order valence-electron chi connectivity index (χ0n) is 21.0. The van der Waals surface area contributed by atoms with Crippen LogP contribution in [0.25, 0.3) is 21.9 Å². The maximum atomic E-state index is 13.0. The van der Waals surface area contributed by atoms with Gasteiger partial charge in [0.1, 0.15) is 47.8 Å². The van der Waals surface area contributed by atoms with Crippen LogP contribution in [0.2, 0.25) is 0 Å². The van der Waals surface area contributed by atoms with E-state index in [4.69, 9.17) is 23.3 Å². The van der Waals surface area contributed by atoms with Crippen molar-refractivity contribution in [3.63, 3.8) is 0 Å². The molecular weight excluding hydrogens is 635 g/mol. The monoisotopic (exact) mass is 659 g/mol. The highest BCUT2D eigenvalue weighted by atomic mass is 31.2. The van der Waals surface area contributed by atoms with Crippen molar-refractivity contribution in [2.24, 2.45) is 0 Å². The lowest BCUT2D eigenvalue weighted by atomic mass is 9.85. The number of benzene rings is 2. The van der Waals surface area contributed by atoms with Crippen molar-refractivity contribution in [1.29, 1.82) is 0 Å². The number of rotatable bonds is 10. The van der Waals surface area contributed by atoms with Gasteiger partial charge in [0.15, 0.2) is 0 Å². The van der Waals surface area contributed by atoms with Gasteiger partial charge in [0.05, 0.1) is 22.7 Å². The van der Waals surface area contributed by atoms with Gasteiger partial charge in [-0.25, -0.2) is 13.7 Å². The number of nitrogens with zero attached hydrogens (tertiary/aromatic N) is 1. The second kappa shape index (κ2) is 11.7. The lowest BCUT2D eigenvalue weighted by Gasteiger charge is -2.44. The van der Waals surface area contributed by atoms with Crippen LogP contribution < -0.4 is 0 Å². The molecule has 0 saturated heterocycles. The van der Waals surface area contributed by atoms with Gasteiger partial charge in [0, 0.05) is 10.8 Å². The van der Waals surface area contributed by atoms with Crippen molar-refractivity contribution >= 4 is 51.1 Å². The number of nitro benzene ring substituents is 1. The van der Waals surface area contributed by atoms with Gasteiger partial charge in [-0.1, -0.05) is 18.2 Å². The summed E-state index contributed by atoms with van der Waals surface area (Å²) in [6, 6.07) is 8.93. The molecule has 8 N–H and O–H groups in total. The van der Waals surface area contributed by atoms with Crippen LogP contribution in [0.4, 0.5) is 5.69 Å². The number of phosphoric ester groups is 3. The van der Waals surface area contributed by atoms with Gasteiger partial charge in [0.2, 0.25) is 0 Å². The van der Waals surface area contributed by atoms with Gasteiger partial charge in [-0.3, -0.25) is 28.2 Å². The third kappa shape index (κ3) is 7.14. The van der Waals surface area contributed by atoms with Crippen molar-refractivity contribution in [2.75, 3.05) is 0 Å². The molecule has 1 aliphatic rings. The number of nitro groups is 1. The zero-order valence-corrected chi connectivity index (χ0v) is 23.6. The van der Waals surface area contributed by atoms with E-state index in [1.54, 1.807) is 24.3 Å². The van der Waals surface area contributed by atoms with Gasteiger partial charge >= 0.3 is 23.5 Å². The molecule has 8 unspecified atom stereocenters. The Morgan fingerprint density at radius 2 is 1.36 bits per heavy atom. The van der Waals surface area contributed by atoms with E-state index in [0.717, 1.165) is 13.0 Å². The summed E-state index contributed by atoms with van der Waals surface area (Å²) in [6.07, 6.45) is -16.6. The Hall–Kier alpha value is -2.15. The van der Waals surface area contributed by atoms with E-state index in [0.29, 0.717) is 16.4 Å². The van der Waals surface area contributed by atoms with Crippen molar-refractivity contribution in [3.8, 4) is 0 Å². The average molecular weight is 659 g/mol. The van der Waals surface area contributed by atoms with Gasteiger partial charge in [-0.15, -0.1) is 0 Å². The van der Waals surface area contributed by atoms with Crippen LogP contribution in [0.15, 0.2) is 40.8 Å². The number of para-hydroxylation sites is 1. The third-order valence-corrected chi connectivity index (χ3v) is 8.37. The second-order valence-corrected chi connectivity index (χ2v) is 12.9. The van der Waals surface area contributed by atoms with E-state index in [1.165, 1.54) is 6.07 Å². The van der Waals surface area contributed by atoms with Crippen LogP contribution >= 0.6 is 23.5 Å². The fourth-order valence-corrected chi connectivity index (χ4v) is 6.79. The number of aliphatic hydroxyl groups is 3. The minimum absolute atomic E-state index is 0.119. The van der Waals surface area contributed by atoms with Crippen molar-refractivity contribution in [3.05, 3.63) is 52.1 Å². The van der Waals surface area contributed by atoms with E-state index in [2.05, 4.69) is 9.05 Å². The summed E-state index contributed by atoms with van der Waals surface area (Å²) in [5.74, 6) is 0. The minimum atomic E-state index is -5.57. The molecule has 0 spiro atoms. The average Bonchev–Trinajstić information content (AvgIpc) is 3.22. The molecule has 2 aromatic carbocycles. The molecule has 22 heteroatoms. The van der Waals surface area contributed by atoms with Crippen LogP contribution in [0, 0.1) is 10.1 Å². The Labute approximate surface area is 234 Å². The Balaban J connectivity index is 1.68. The predicted octanol–water partition coefficient (Wildman–Crippen LogP) is 1.11. The number of fused-ring (bicyclic) bond motifs is 3. The van der Waals surface area contributed by atoms with E-state index in [9.17, 15) is 53.8 Å². The van der Waals surface area contributed by atoms with E-state index in [1.807, 2.05) is 0 Å². The van der Waals surface area contributed by atoms with Gasteiger partial charge in [-0.2, -0.15) is 0 Å². The van der Waals surface area contributed by atoms with Gasteiger partial charge < -0.3 is 44.2 Å². The summed E-state index contributed by atoms with van der Waals surface area (Å²) < 4.78 is 59.9. The summed E-state index contributed by atoms with van der Waals surface area (Å²) in [4.78, 5) is 58.1. The maximum Gasteiger partial charge on any atom is 0.473 e. The molecule has 0 aliphatic heterocycles. The topological polar surface area (TPSA) is 306 Å². The fraction of sp³-hybridized carbons (Fsp3) is 0.400. The zero-order chi connectivity index (χ0) is 31.4. The third-order valence-electron chi connectivity index (χ3n) is 6.25. The van der Waals surface area contributed by atoms with Crippen LogP contribution in [0.1, 0.15) is 18.6 Å². The smallest absolute Gasteiger partial charge is 0.456 e. The van der Waals surface area contributed by atoms with Gasteiger partial charge in [0.25, 0.3) is 5.69 Å². The highest BCUT2D eigenvalue weighted by Gasteiger charge is 2.56. The molecule has 19 nitrogen and oxygen atoms in total. The molecule has 3 aromatic rings. The molecule has 1 saturated carbocycles.